The van der Waals surface area contributed by atoms with Crippen LogP contribution in [0.1, 0.15) is 16.1 Å². The quantitative estimate of drug-likeness (QED) is 0.939. The number of rotatable bonds is 3. The first kappa shape index (κ1) is 14.8. The molecule has 1 aromatic carbocycles. The van der Waals surface area contributed by atoms with E-state index in [1.165, 1.54) is 37.4 Å². The Morgan fingerprint density at radius 2 is 1.95 bits per heavy atom. The Balaban J connectivity index is 2.47. The summed E-state index contributed by atoms with van der Waals surface area (Å²) in [4.78, 5) is 14.6. The molecule has 4 nitrogen and oxygen atoms in total. The van der Waals surface area contributed by atoms with E-state index in [9.17, 15) is 18.0 Å². The van der Waals surface area contributed by atoms with Gasteiger partial charge in [-0.25, -0.2) is 9.78 Å². The van der Waals surface area contributed by atoms with E-state index >= 15 is 0 Å². The van der Waals surface area contributed by atoms with Crippen LogP contribution in [0.4, 0.5) is 13.2 Å². The van der Waals surface area contributed by atoms with E-state index < -0.39 is 12.3 Å². The highest BCUT2D eigenvalue weighted by molar-refractivity contribution is 5.87. The topological polar surface area (TPSA) is 59.4 Å². The predicted octanol–water partition coefficient (Wildman–Crippen LogP) is 3.65. The fourth-order valence-corrected chi connectivity index (χ4v) is 1.86. The maximum absolute atomic E-state index is 12.4. The first-order chi connectivity index (χ1) is 9.78. The van der Waals surface area contributed by atoms with Crippen molar-refractivity contribution in [2.75, 3.05) is 0 Å². The van der Waals surface area contributed by atoms with Crippen LogP contribution in [0.5, 0.6) is 5.75 Å². The molecule has 0 aliphatic heterocycles. The summed E-state index contributed by atoms with van der Waals surface area (Å²) in [6.07, 6.45) is -3.60. The van der Waals surface area contributed by atoms with E-state index in [2.05, 4.69) is 9.72 Å². The molecule has 0 aliphatic carbocycles. The zero-order valence-electron chi connectivity index (χ0n) is 10.8. The Hall–Kier alpha value is -2.57. The fourth-order valence-electron chi connectivity index (χ4n) is 1.86. The first-order valence-corrected chi connectivity index (χ1v) is 5.83. The van der Waals surface area contributed by atoms with Gasteiger partial charge < -0.3 is 9.84 Å². The summed E-state index contributed by atoms with van der Waals surface area (Å²) in [6.45, 7) is 1.52. The summed E-state index contributed by atoms with van der Waals surface area (Å²) in [5.74, 6) is -1.56. The number of ether oxygens (including phenoxy) is 1. The molecule has 0 bridgehead atoms. The number of carboxylic acids is 1. The SMILES string of the molecule is Cc1cc(-c2ccccc2OC(F)(F)F)cnc1C(=O)O. The molecule has 0 saturated heterocycles. The molecule has 0 aliphatic rings. The lowest BCUT2D eigenvalue weighted by Crippen LogP contribution is -2.17. The minimum Gasteiger partial charge on any atom is -0.477 e. The molecule has 2 rings (SSSR count). The van der Waals surface area contributed by atoms with E-state index in [1.807, 2.05) is 0 Å². The van der Waals surface area contributed by atoms with Crippen molar-refractivity contribution < 1.29 is 27.8 Å². The molecule has 0 unspecified atom stereocenters. The number of alkyl halides is 3. The van der Waals surface area contributed by atoms with E-state index in [0.717, 1.165) is 0 Å². The summed E-state index contributed by atoms with van der Waals surface area (Å²) in [5.41, 5.74) is 0.731. The molecule has 0 amide bonds. The molecule has 110 valence electrons. The zero-order chi connectivity index (χ0) is 15.6. The third-order valence-electron chi connectivity index (χ3n) is 2.70. The summed E-state index contributed by atoms with van der Waals surface area (Å²) in [5, 5.41) is 8.90. The number of carbonyl (C=O) groups is 1. The number of benzene rings is 1. The van der Waals surface area contributed by atoms with Gasteiger partial charge in [0.15, 0.2) is 5.69 Å². The van der Waals surface area contributed by atoms with Gasteiger partial charge in [-0.3, -0.25) is 0 Å². The number of para-hydroxylation sites is 1. The van der Waals surface area contributed by atoms with Crippen LogP contribution in [0.25, 0.3) is 11.1 Å². The Morgan fingerprint density at radius 1 is 1.29 bits per heavy atom. The highest BCUT2D eigenvalue weighted by atomic mass is 19.4. The second kappa shape index (κ2) is 5.43. The van der Waals surface area contributed by atoms with E-state index in [1.54, 1.807) is 6.07 Å². The molecule has 0 saturated carbocycles. The van der Waals surface area contributed by atoms with Crippen molar-refractivity contribution in [1.29, 1.82) is 0 Å². The van der Waals surface area contributed by atoms with Crippen LogP contribution in [0.15, 0.2) is 36.5 Å². The van der Waals surface area contributed by atoms with Gasteiger partial charge in [-0.05, 0) is 24.6 Å². The van der Waals surface area contributed by atoms with Crippen LogP contribution >= 0.6 is 0 Å². The van der Waals surface area contributed by atoms with Crippen LogP contribution in [0.3, 0.4) is 0 Å². The van der Waals surface area contributed by atoms with Crippen LogP contribution in [0, 0.1) is 6.92 Å². The summed E-state index contributed by atoms with van der Waals surface area (Å²) >= 11 is 0. The van der Waals surface area contributed by atoms with Gasteiger partial charge in [0, 0.05) is 17.3 Å². The number of hydrogen-bond acceptors (Lipinski definition) is 3. The Bertz CT molecular complexity index is 683. The highest BCUT2D eigenvalue weighted by Gasteiger charge is 2.32. The highest BCUT2D eigenvalue weighted by Crippen LogP contribution is 2.33. The standard InChI is InChI=1S/C14H10F3NO3/c1-8-6-9(7-18-12(8)13(19)20)10-4-2-3-5-11(10)21-14(15,16)17/h2-7H,1H3,(H,19,20). The van der Waals surface area contributed by atoms with E-state index in [0.29, 0.717) is 11.1 Å². The van der Waals surface area contributed by atoms with Gasteiger partial charge in [0.1, 0.15) is 5.75 Å². The van der Waals surface area contributed by atoms with Gasteiger partial charge in [-0.15, -0.1) is 13.2 Å². The number of aromatic carboxylic acids is 1. The van der Waals surface area contributed by atoms with Crippen LogP contribution < -0.4 is 4.74 Å². The van der Waals surface area contributed by atoms with Crippen molar-refractivity contribution in [3.63, 3.8) is 0 Å². The molecule has 1 N–H and O–H groups in total. The van der Waals surface area contributed by atoms with Crippen LogP contribution in [-0.2, 0) is 0 Å². The second-order valence-corrected chi connectivity index (χ2v) is 4.24. The summed E-state index contributed by atoms with van der Waals surface area (Å²) in [7, 11) is 0. The van der Waals surface area contributed by atoms with Crippen LogP contribution in [0.2, 0.25) is 0 Å². The Morgan fingerprint density at radius 3 is 2.52 bits per heavy atom. The fraction of sp³-hybridized carbons (Fsp3) is 0.143. The lowest BCUT2D eigenvalue weighted by molar-refractivity contribution is -0.274. The average Bonchev–Trinajstić information content (AvgIpc) is 2.36. The van der Waals surface area contributed by atoms with Gasteiger partial charge >= 0.3 is 12.3 Å². The van der Waals surface area contributed by atoms with Crippen LogP contribution in [-0.4, -0.2) is 22.4 Å². The number of halogens is 3. The second-order valence-electron chi connectivity index (χ2n) is 4.24. The van der Waals surface area contributed by atoms with Crippen molar-refractivity contribution in [2.45, 2.75) is 13.3 Å². The Kier molecular flexibility index (Phi) is 3.84. The number of carboxylic acid groups (broad SMARTS) is 1. The number of nitrogens with zero attached hydrogens (tertiary/aromatic N) is 1. The van der Waals surface area contributed by atoms with Gasteiger partial charge in [0.25, 0.3) is 0 Å². The molecular formula is C14H10F3NO3. The third kappa shape index (κ3) is 3.50. The first-order valence-electron chi connectivity index (χ1n) is 5.83. The maximum atomic E-state index is 12.4. The van der Waals surface area contributed by atoms with Gasteiger partial charge in [0.2, 0.25) is 0 Å². The van der Waals surface area contributed by atoms with Crippen molar-refractivity contribution in [3.05, 3.63) is 47.8 Å². The summed E-state index contributed by atoms with van der Waals surface area (Å²) in [6, 6.07) is 7.05. The molecule has 0 atom stereocenters. The molecule has 21 heavy (non-hydrogen) atoms. The lowest BCUT2D eigenvalue weighted by atomic mass is 10.0. The maximum Gasteiger partial charge on any atom is 0.573 e. The molecule has 0 fully saturated rings. The zero-order valence-corrected chi connectivity index (χ0v) is 10.8. The molecule has 0 radical (unpaired) electrons. The van der Waals surface area contributed by atoms with Gasteiger partial charge in [-0.2, -0.15) is 0 Å². The molecular weight excluding hydrogens is 287 g/mol. The number of aromatic nitrogens is 1. The number of pyridine rings is 1. The summed E-state index contributed by atoms with van der Waals surface area (Å²) < 4.78 is 41.1. The van der Waals surface area contributed by atoms with Gasteiger partial charge in [0.05, 0.1) is 0 Å². The number of hydrogen-bond donors (Lipinski definition) is 1. The molecule has 0 spiro atoms. The minimum absolute atomic E-state index is 0.145. The lowest BCUT2D eigenvalue weighted by Gasteiger charge is -2.13. The monoisotopic (exact) mass is 297 g/mol. The Labute approximate surface area is 117 Å². The minimum atomic E-state index is -4.81. The normalized spacial score (nSPS) is 11.2. The van der Waals surface area contributed by atoms with E-state index in [-0.39, 0.29) is 17.0 Å². The third-order valence-corrected chi connectivity index (χ3v) is 2.70. The molecule has 2 aromatic rings. The molecule has 1 heterocycles. The molecule has 7 heteroatoms. The van der Waals surface area contributed by atoms with Crippen molar-refractivity contribution in [2.24, 2.45) is 0 Å². The van der Waals surface area contributed by atoms with Gasteiger partial charge in [-0.1, -0.05) is 18.2 Å². The van der Waals surface area contributed by atoms with Crippen molar-refractivity contribution in [1.82, 2.24) is 4.98 Å². The predicted molar refractivity (Wildman–Crippen MR) is 68.1 cm³/mol. The van der Waals surface area contributed by atoms with E-state index in [4.69, 9.17) is 5.11 Å². The largest absolute Gasteiger partial charge is 0.573 e. The average molecular weight is 297 g/mol. The van der Waals surface area contributed by atoms with Crippen molar-refractivity contribution in [3.8, 4) is 16.9 Å². The van der Waals surface area contributed by atoms with Crippen molar-refractivity contribution >= 4 is 5.97 Å². The number of aryl methyl sites for hydroxylation is 1. The smallest absolute Gasteiger partial charge is 0.477 e. The molecule has 1 aromatic heterocycles.